The van der Waals surface area contributed by atoms with Gasteiger partial charge in [-0.2, -0.15) is 0 Å². The van der Waals surface area contributed by atoms with Crippen molar-refractivity contribution >= 4 is 5.91 Å². The molecule has 0 bridgehead atoms. The van der Waals surface area contributed by atoms with Gasteiger partial charge in [-0.15, -0.1) is 0 Å². The zero-order valence-electron chi connectivity index (χ0n) is 13.9. The van der Waals surface area contributed by atoms with Gasteiger partial charge in [-0.1, -0.05) is 25.7 Å². The van der Waals surface area contributed by atoms with Crippen molar-refractivity contribution in [1.82, 2.24) is 9.80 Å². The van der Waals surface area contributed by atoms with Crippen molar-refractivity contribution in [2.45, 2.75) is 69.8 Å². The van der Waals surface area contributed by atoms with E-state index in [1.807, 2.05) is 4.90 Å². The molecule has 1 unspecified atom stereocenters. The zero-order chi connectivity index (χ0) is 15.4. The standard InChI is InChI=1S/C18H32N2O2/c21-17-18(22,15-19-11-4-2-1-3-5-12-19)10-7-13-20(17)14-16-8-6-9-16/h16,22H,1-15H2. The van der Waals surface area contributed by atoms with Crippen LogP contribution in [0.2, 0.25) is 0 Å². The predicted octanol–water partition coefficient (Wildman–Crippen LogP) is 2.41. The fourth-order valence-electron chi connectivity index (χ4n) is 4.21. The highest BCUT2D eigenvalue weighted by Gasteiger charge is 2.43. The molecule has 1 saturated carbocycles. The summed E-state index contributed by atoms with van der Waals surface area (Å²) in [6, 6.07) is 0. The van der Waals surface area contributed by atoms with Crippen LogP contribution in [0.25, 0.3) is 0 Å². The molecule has 1 atom stereocenters. The van der Waals surface area contributed by atoms with Crippen LogP contribution >= 0.6 is 0 Å². The molecule has 4 heteroatoms. The number of likely N-dealkylation sites (tertiary alicyclic amines) is 2. The van der Waals surface area contributed by atoms with Crippen LogP contribution in [0.15, 0.2) is 0 Å². The number of aliphatic hydroxyl groups is 1. The van der Waals surface area contributed by atoms with Gasteiger partial charge in [0.05, 0.1) is 0 Å². The molecular formula is C18H32N2O2. The first-order chi connectivity index (χ1) is 10.7. The van der Waals surface area contributed by atoms with E-state index in [0.717, 1.165) is 32.6 Å². The Morgan fingerprint density at radius 2 is 1.64 bits per heavy atom. The van der Waals surface area contributed by atoms with Crippen LogP contribution in [0, 0.1) is 5.92 Å². The average molecular weight is 308 g/mol. The number of amides is 1. The van der Waals surface area contributed by atoms with E-state index in [1.54, 1.807) is 0 Å². The van der Waals surface area contributed by atoms with Gasteiger partial charge in [0.1, 0.15) is 0 Å². The fraction of sp³-hybridized carbons (Fsp3) is 0.944. The van der Waals surface area contributed by atoms with Gasteiger partial charge in [0.15, 0.2) is 5.60 Å². The number of piperidine rings is 1. The van der Waals surface area contributed by atoms with Crippen molar-refractivity contribution in [3.05, 3.63) is 0 Å². The van der Waals surface area contributed by atoms with Gasteiger partial charge in [-0.25, -0.2) is 0 Å². The third-order valence-corrected chi connectivity index (χ3v) is 5.84. The maximum absolute atomic E-state index is 12.8. The van der Waals surface area contributed by atoms with Gasteiger partial charge in [-0.05, 0) is 57.5 Å². The van der Waals surface area contributed by atoms with E-state index in [-0.39, 0.29) is 5.91 Å². The molecule has 3 aliphatic rings. The van der Waals surface area contributed by atoms with Crippen LogP contribution in [0.5, 0.6) is 0 Å². The number of hydrogen-bond donors (Lipinski definition) is 1. The molecule has 2 aliphatic heterocycles. The normalized spacial score (nSPS) is 32.4. The van der Waals surface area contributed by atoms with E-state index in [4.69, 9.17) is 0 Å². The largest absolute Gasteiger partial charge is 0.379 e. The highest BCUT2D eigenvalue weighted by molar-refractivity contribution is 5.86. The van der Waals surface area contributed by atoms with Crippen LogP contribution in [-0.2, 0) is 4.79 Å². The lowest BCUT2D eigenvalue weighted by molar-refractivity contribution is -0.160. The van der Waals surface area contributed by atoms with Gasteiger partial charge in [0.2, 0.25) is 0 Å². The molecule has 22 heavy (non-hydrogen) atoms. The second kappa shape index (κ2) is 7.31. The molecule has 1 amide bonds. The Hall–Kier alpha value is -0.610. The minimum Gasteiger partial charge on any atom is -0.379 e. The minimum atomic E-state index is -1.12. The van der Waals surface area contributed by atoms with E-state index in [1.165, 1.54) is 51.4 Å². The average Bonchev–Trinajstić information content (AvgIpc) is 2.42. The maximum atomic E-state index is 12.8. The first-order valence-corrected chi connectivity index (χ1v) is 9.41. The highest BCUT2D eigenvalue weighted by Crippen LogP contribution is 2.31. The van der Waals surface area contributed by atoms with Crippen molar-refractivity contribution in [2.75, 3.05) is 32.7 Å². The third-order valence-electron chi connectivity index (χ3n) is 5.84. The topological polar surface area (TPSA) is 43.8 Å². The van der Waals surface area contributed by atoms with Crippen molar-refractivity contribution in [3.63, 3.8) is 0 Å². The summed E-state index contributed by atoms with van der Waals surface area (Å²) in [4.78, 5) is 17.1. The summed E-state index contributed by atoms with van der Waals surface area (Å²) >= 11 is 0. The smallest absolute Gasteiger partial charge is 0.255 e. The maximum Gasteiger partial charge on any atom is 0.255 e. The van der Waals surface area contributed by atoms with Crippen LogP contribution in [0.3, 0.4) is 0 Å². The van der Waals surface area contributed by atoms with E-state index in [2.05, 4.69) is 4.90 Å². The van der Waals surface area contributed by atoms with Gasteiger partial charge in [0, 0.05) is 19.6 Å². The number of hydrogen-bond acceptors (Lipinski definition) is 3. The number of nitrogens with zero attached hydrogens (tertiary/aromatic N) is 2. The SMILES string of the molecule is O=C1N(CC2CCC2)CCCC1(O)CN1CCCCCCC1. The van der Waals surface area contributed by atoms with Crippen molar-refractivity contribution in [2.24, 2.45) is 5.92 Å². The first-order valence-electron chi connectivity index (χ1n) is 9.41. The second-order valence-electron chi connectivity index (χ2n) is 7.73. The summed E-state index contributed by atoms with van der Waals surface area (Å²) in [6.45, 7) is 4.35. The summed E-state index contributed by atoms with van der Waals surface area (Å²) in [5, 5.41) is 11.0. The van der Waals surface area contributed by atoms with E-state index < -0.39 is 5.60 Å². The number of carbonyl (C=O) groups excluding carboxylic acids is 1. The first kappa shape index (κ1) is 16.3. The van der Waals surface area contributed by atoms with Gasteiger partial charge in [-0.3, -0.25) is 9.69 Å². The van der Waals surface area contributed by atoms with E-state index >= 15 is 0 Å². The Labute approximate surface area is 134 Å². The molecule has 0 aromatic heterocycles. The molecule has 0 radical (unpaired) electrons. The minimum absolute atomic E-state index is 0.00714. The molecule has 0 aromatic rings. The molecule has 1 N–H and O–H groups in total. The van der Waals surface area contributed by atoms with Crippen LogP contribution in [-0.4, -0.2) is 59.1 Å². The summed E-state index contributed by atoms with van der Waals surface area (Å²) < 4.78 is 0. The fourth-order valence-corrected chi connectivity index (χ4v) is 4.21. The Morgan fingerprint density at radius 1 is 0.955 bits per heavy atom. The molecule has 3 fully saturated rings. The van der Waals surface area contributed by atoms with Crippen molar-refractivity contribution < 1.29 is 9.90 Å². The molecule has 1 aliphatic carbocycles. The number of β-amino-alcohol motifs (C(OH)–C–C–N with tert-alkyl or cyclic N) is 1. The van der Waals surface area contributed by atoms with Crippen molar-refractivity contribution in [1.29, 1.82) is 0 Å². The Kier molecular flexibility index (Phi) is 5.40. The van der Waals surface area contributed by atoms with Crippen LogP contribution in [0.1, 0.15) is 64.2 Å². The lowest BCUT2D eigenvalue weighted by Gasteiger charge is -2.43. The number of rotatable bonds is 4. The van der Waals surface area contributed by atoms with Crippen molar-refractivity contribution in [3.8, 4) is 0 Å². The molecule has 3 rings (SSSR count). The Balaban J connectivity index is 1.58. The van der Waals surface area contributed by atoms with Crippen LogP contribution < -0.4 is 0 Å². The van der Waals surface area contributed by atoms with Gasteiger partial charge >= 0.3 is 0 Å². The van der Waals surface area contributed by atoms with E-state index in [9.17, 15) is 9.90 Å². The van der Waals surface area contributed by atoms with E-state index in [0.29, 0.717) is 18.9 Å². The predicted molar refractivity (Wildman–Crippen MR) is 87.6 cm³/mol. The lowest BCUT2D eigenvalue weighted by atomic mass is 9.83. The quantitative estimate of drug-likeness (QED) is 0.867. The summed E-state index contributed by atoms with van der Waals surface area (Å²) in [5.41, 5.74) is -1.12. The van der Waals surface area contributed by atoms with Crippen LogP contribution in [0.4, 0.5) is 0 Å². The molecule has 4 nitrogen and oxygen atoms in total. The second-order valence-corrected chi connectivity index (χ2v) is 7.73. The summed E-state index contributed by atoms with van der Waals surface area (Å²) in [7, 11) is 0. The Morgan fingerprint density at radius 3 is 2.27 bits per heavy atom. The number of carbonyl (C=O) groups is 1. The molecule has 2 heterocycles. The molecule has 2 saturated heterocycles. The molecular weight excluding hydrogens is 276 g/mol. The monoisotopic (exact) mass is 308 g/mol. The summed E-state index contributed by atoms with van der Waals surface area (Å²) in [5.74, 6) is 0.695. The molecule has 126 valence electrons. The summed E-state index contributed by atoms with van der Waals surface area (Å²) in [6.07, 6.45) is 11.7. The molecule has 0 spiro atoms. The third kappa shape index (κ3) is 3.83. The molecule has 0 aromatic carbocycles. The van der Waals surface area contributed by atoms with Gasteiger partial charge < -0.3 is 10.0 Å². The highest BCUT2D eigenvalue weighted by atomic mass is 16.3. The zero-order valence-corrected chi connectivity index (χ0v) is 13.9. The lowest BCUT2D eigenvalue weighted by Crippen LogP contribution is -2.59. The Bertz CT molecular complexity index is 375. The van der Waals surface area contributed by atoms with Gasteiger partial charge in [0.25, 0.3) is 5.91 Å².